The Bertz CT molecular complexity index is 929. The van der Waals surface area contributed by atoms with Crippen molar-refractivity contribution >= 4 is 11.6 Å². The second kappa shape index (κ2) is 9.87. The number of aliphatic hydroxyl groups excluding tert-OH is 1. The average Bonchev–Trinajstić information content (AvgIpc) is 2.75. The minimum Gasteiger partial charge on any atom is -0.495 e. The van der Waals surface area contributed by atoms with E-state index in [9.17, 15) is 9.90 Å². The van der Waals surface area contributed by atoms with E-state index in [4.69, 9.17) is 4.74 Å². The maximum absolute atomic E-state index is 13.1. The average molecular weight is 390 g/mol. The van der Waals surface area contributed by atoms with E-state index in [-0.39, 0.29) is 12.5 Å². The molecule has 5 heteroatoms. The van der Waals surface area contributed by atoms with Gasteiger partial charge in [-0.2, -0.15) is 0 Å². The fourth-order valence-corrected chi connectivity index (χ4v) is 3.15. The molecule has 0 fully saturated rings. The first-order valence-corrected chi connectivity index (χ1v) is 9.55. The number of amides is 1. The number of aliphatic hydroxyl groups is 1. The first kappa shape index (κ1) is 20.6. The van der Waals surface area contributed by atoms with Crippen molar-refractivity contribution in [2.75, 3.05) is 19.0 Å². The van der Waals surface area contributed by atoms with Crippen LogP contribution in [0.5, 0.6) is 5.75 Å². The smallest absolute Gasteiger partial charge is 0.246 e. The maximum atomic E-state index is 13.1. The molecule has 0 radical (unpaired) electrons. The summed E-state index contributed by atoms with van der Waals surface area (Å²) in [6, 6.07) is 23.8. The molecule has 3 N–H and O–H groups in total. The van der Waals surface area contributed by atoms with Crippen LogP contribution < -0.4 is 15.4 Å². The van der Waals surface area contributed by atoms with Gasteiger partial charge in [0.15, 0.2) is 0 Å². The molecule has 29 heavy (non-hydrogen) atoms. The zero-order chi connectivity index (χ0) is 20.6. The van der Waals surface area contributed by atoms with Crippen molar-refractivity contribution in [1.29, 1.82) is 0 Å². The van der Waals surface area contributed by atoms with Gasteiger partial charge in [-0.05, 0) is 35.7 Å². The third-order valence-electron chi connectivity index (χ3n) is 4.71. The molecule has 2 atom stereocenters. The highest BCUT2D eigenvalue weighted by molar-refractivity contribution is 5.96. The standard InChI is InChI=1S/C24H26N2O3/c1-17-13-14-22(29-2)20(15-17)26-24(28)23(19-11-7-4-8-12-19)25-16-21(27)18-9-5-3-6-10-18/h3-15,21,23,25,27H,16H2,1-2H3,(H,26,28)/t21-,23+/m0/s1. The molecule has 1 amide bonds. The minimum atomic E-state index is -0.719. The van der Waals surface area contributed by atoms with Gasteiger partial charge < -0.3 is 15.2 Å². The summed E-state index contributed by atoms with van der Waals surface area (Å²) < 4.78 is 5.37. The highest BCUT2D eigenvalue weighted by atomic mass is 16.5. The zero-order valence-corrected chi connectivity index (χ0v) is 16.6. The third kappa shape index (κ3) is 5.44. The normalized spacial score (nSPS) is 12.8. The molecule has 0 aliphatic carbocycles. The van der Waals surface area contributed by atoms with Crippen molar-refractivity contribution in [2.24, 2.45) is 0 Å². The first-order valence-electron chi connectivity index (χ1n) is 9.55. The lowest BCUT2D eigenvalue weighted by Crippen LogP contribution is -2.35. The van der Waals surface area contributed by atoms with Gasteiger partial charge in [0.1, 0.15) is 11.8 Å². The monoisotopic (exact) mass is 390 g/mol. The number of ether oxygens (including phenoxy) is 1. The summed E-state index contributed by atoms with van der Waals surface area (Å²) in [4.78, 5) is 13.1. The highest BCUT2D eigenvalue weighted by Gasteiger charge is 2.22. The Morgan fingerprint density at radius 2 is 1.59 bits per heavy atom. The van der Waals surface area contributed by atoms with Crippen LogP contribution in [0.1, 0.15) is 28.8 Å². The molecule has 3 aromatic carbocycles. The van der Waals surface area contributed by atoms with E-state index in [2.05, 4.69) is 10.6 Å². The summed E-state index contributed by atoms with van der Waals surface area (Å²) in [5.41, 5.74) is 3.25. The quantitative estimate of drug-likeness (QED) is 0.544. The van der Waals surface area contributed by atoms with Gasteiger partial charge in [0.05, 0.1) is 18.9 Å². The summed E-state index contributed by atoms with van der Waals surface area (Å²) in [6.45, 7) is 2.19. The lowest BCUT2D eigenvalue weighted by Gasteiger charge is -2.22. The first-order chi connectivity index (χ1) is 14.1. The van der Waals surface area contributed by atoms with Crippen molar-refractivity contribution in [3.05, 3.63) is 95.6 Å². The molecule has 0 aliphatic heterocycles. The van der Waals surface area contributed by atoms with Crippen LogP contribution in [0.25, 0.3) is 0 Å². The fourth-order valence-electron chi connectivity index (χ4n) is 3.15. The van der Waals surface area contributed by atoms with Crippen LogP contribution in [-0.2, 0) is 4.79 Å². The number of carbonyl (C=O) groups excluding carboxylic acids is 1. The molecular formula is C24H26N2O3. The van der Waals surface area contributed by atoms with E-state index in [0.29, 0.717) is 11.4 Å². The number of hydrogen-bond donors (Lipinski definition) is 3. The predicted molar refractivity (Wildman–Crippen MR) is 115 cm³/mol. The Balaban J connectivity index is 1.79. The molecule has 0 saturated heterocycles. The Hall–Kier alpha value is -3.15. The van der Waals surface area contributed by atoms with Gasteiger partial charge in [-0.1, -0.05) is 66.7 Å². The van der Waals surface area contributed by atoms with Crippen LogP contribution in [0.3, 0.4) is 0 Å². The van der Waals surface area contributed by atoms with E-state index in [0.717, 1.165) is 16.7 Å². The SMILES string of the molecule is COc1ccc(C)cc1NC(=O)[C@H](NC[C@H](O)c1ccccc1)c1ccccc1. The number of benzene rings is 3. The minimum absolute atomic E-state index is 0.222. The summed E-state index contributed by atoms with van der Waals surface area (Å²) in [5.74, 6) is 0.375. The van der Waals surface area contributed by atoms with E-state index in [1.807, 2.05) is 85.8 Å². The van der Waals surface area contributed by atoms with Crippen molar-refractivity contribution in [3.8, 4) is 5.75 Å². The molecule has 0 bridgehead atoms. The summed E-state index contributed by atoms with van der Waals surface area (Å²) in [5, 5.41) is 16.7. The highest BCUT2D eigenvalue weighted by Crippen LogP contribution is 2.27. The Kier molecular flexibility index (Phi) is 7.00. The predicted octanol–water partition coefficient (Wildman–Crippen LogP) is 4.01. The number of rotatable bonds is 8. The molecule has 3 aromatic rings. The van der Waals surface area contributed by atoms with Crippen molar-refractivity contribution in [1.82, 2.24) is 5.32 Å². The second-order valence-corrected chi connectivity index (χ2v) is 6.87. The van der Waals surface area contributed by atoms with Gasteiger partial charge >= 0.3 is 0 Å². The molecule has 0 spiro atoms. The van der Waals surface area contributed by atoms with Gasteiger partial charge in [0.2, 0.25) is 5.91 Å². The van der Waals surface area contributed by atoms with E-state index < -0.39 is 12.1 Å². The van der Waals surface area contributed by atoms with Crippen molar-refractivity contribution < 1.29 is 14.6 Å². The second-order valence-electron chi connectivity index (χ2n) is 6.87. The van der Waals surface area contributed by atoms with Gasteiger partial charge in [-0.3, -0.25) is 10.1 Å². The Labute approximate surface area is 171 Å². The Morgan fingerprint density at radius 3 is 2.21 bits per heavy atom. The topological polar surface area (TPSA) is 70.6 Å². The van der Waals surface area contributed by atoms with Crippen molar-refractivity contribution in [2.45, 2.75) is 19.1 Å². The van der Waals surface area contributed by atoms with Crippen LogP contribution in [0.2, 0.25) is 0 Å². The zero-order valence-electron chi connectivity index (χ0n) is 16.6. The maximum Gasteiger partial charge on any atom is 0.246 e. The fraction of sp³-hybridized carbons (Fsp3) is 0.208. The number of anilines is 1. The molecule has 5 nitrogen and oxygen atoms in total. The van der Waals surface area contributed by atoms with Gasteiger partial charge in [-0.15, -0.1) is 0 Å². The number of hydrogen-bond acceptors (Lipinski definition) is 4. The number of carbonyl (C=O) groups is 1. The van der Waals surface area contributed by atoms with Gasteiger partial charge in [0, 0.05) is 6.54 Å². The lowest BCUT2D eigenvalue weighted by molar-refractivity contribution is -0.118. The molecular weight excluding hydrogens is 364 g/mol. The number of aryl methyl sites for hydroxylation is 1. The van der Waals surface area contributed by atoms with Gasteiger partial charge in [0.25, 0.3) is 0 Å². The van der Waals surface area contributed by atoms with Crippen LogP contribution in [-0.4, -0.2) is 24.7 Å². The van der Waals surface area contributed by atoms with E-state index in [1.54, 1.807) is 7.11 Å². The van der Waals surface area contributed by atoms with Crippen LogP contribution in [0, 0.1) is 6.92 Å². The largest absolute Gasteiger partial charge is 0.495 e. The summed E-state index contributed by atoms with van der Waals surface area (Å²) in [7, 11) is 1.57. The molecule has 0 saturated carbocycles. The molecule has 0 aliphatic rings. The summed E-state index contributed by atoms with van der Waals surface area (Å²) >= 11 is 0. The number of nitrogens with one attached hydrogen (secondary N) is 2. The van der Waals surface area contributed by atoms with Crippen molar-refractivity contribution in [3.63, 3.8) is 0 Å². The van der Waals surface area contributed by atoms with Crippen LogP contribution in [0.4, 0.5) is 5.69 Å². The van der Waals surface area contributed by atoms with Crippen LogP contribution in [0.15, 0.2) is 78.9 Å². The van der Waals surface area contributed by atoms with Crippen LogP contribution >= 0.6 is 0 Å². The molecule has 0 unspecified atom stereocenters. The molecule has 150 valence electrons. The third-order valence-corrected chi connectivity index (χ3v) is 4.71. The molecule has 3 rings (SSSR count). The lowest BCUT2D eigenvalue weighted by atomic mass is 10.0. The molecule has 0 heterocycles. The number of methoxy groups -OCH3 is 1. The summed E-state index contributed by atoms with van der Waals surface area (Å²) in [6.07, 6.45) is -0.719. The van der Waals surface area contributed by atoms with E-state index >= 15 is 0 Å². The van der Waals surface area contributed by atoms with E-state index in [1.165, 1.54) is 0 Å². The van der Waals surface area contributed by atoms with Gasteiger partial charge in [-0.25, -0.2) is 0 Å². The Morgan fingerprint density at radius 1 is 0.966 bits per heavy atom. The molecule has 0 aromatic heterocycles.